The molecule has 1 rings (SSSR count). The molecule has 0 saturated heterocycles. The number of carbonyl (C=O) groups is 1. The van der Waals surface area contributed by atoms with Crippen molar-refractivity contribution in [2.45, 2.75) is 84.1 Å². The fraction of sp³-hybridized carbons (Fsp3) is 0.944. The first-order valence-electron chi connectivity index (χ1n) is 9.54. The fourth-order valence-electron chi connectivity index (χ4n) is 3.02. The molecule has 0 aromatic rings. The highest BCUT2D eigenvalue weighted by molar-refractivity contribution is 5.73. The molecule has 0 heterocycles. The van der Waals surface area contributed by atoms with E-state index in [0.717, 1.165) is 25.8 Å². The van der Waals surface area contributed by atoms with E-state index in [1.54, 1.807) is 5.06 Å². The molecule has 136 valence electrons. The Morgan fingerprint density at radius 1 is 1.13 bits per heavy atom. The molecule has 2 amide bonds. The van der Waals surface area contributed by atoms with Crippen LogP contribution in [-0.4, -0.2) is 36.8 Å². The van der Waals surface area contributed by atoms with Gasteiger partial charge in [-0.05, 0) is 52.0 Å². The number of hydrogen-bond acceptors (Lipinski definition) is 3. The van der Waals surface area contributed by atoms with Gasteiger partial charge in [0.1, 0.15) is 0 Å². The monoisotopic (exact) mass is 327 g/mol. The highest BCUT2D eigenvalue weighted by Gasteiger charge is 2.19. The Morgan fingerprint density at radius 3 is 2.43 bits per heavy atom. The van der Waals surface area contributed by atoms with Crippen molar-refractivity contribution in [2.24, 2.45) is 11.7 Å². The number of hydrogen-bond donors (Lipinski definition) is 2. The van der Waals surface area contributed by atoms with Crippen LogP contribution >= 0.6 is 0 Å². The van der Waals surface area contributed by atoms with Crippen molar-refractivity contribution in [1.82, 2.24) is 10.4 Å². The van der Waals surface area contributed by atoms with Crippen LogP contribution in [0.15, 0.2) is 0 Å². The minimum atomic E-state index is -0.0993. The van der Waals surface area contributed by atoms with Gasteiger partial charge >= 0.3 is 6.03 Å². The minimum Gasteiger partial charge on any atom is -0.334 e. The molecule has 0 radical (unpaired) electrons. The summed E-state index contributed by atoms with van der Waals surface area (Å²) in [5.74, 6) is 0.614. The zero-order chi connectivity index (χ0) is 16.9. The maximum absolute atomic E-state index is 12.3. The molecule has 1 fully saturated rings. The van der Waals surface area contributed by atoms with Gasteiger partial charge in [0.05, 0.1) is 13.2 Å². The van der Waals surface area contributed by atoms with Crippen LogP contribution in [0.5, 0.6) is 0 Å². The number of amides is 2. The lowest BCUT2D eigenvalue weighted by Gasteiger charge is -2.27. The van der Waals surface area contributed by atoms with Crippen LogP contribution < -0.4 is 11.1 Å². The zero-order valence-electron chi connectivity index (χ0n) is 15.2. The molecule has 0 bridgehead atoms. The van der Waals surface area contributed by atoms with Gasteiger partial charge in [0.25, 0.3) is 0 Å². The van der Waals surface area contributed by atoms with E-state index in [1.807, 2.05) is 13.8 Å². The average Bonchev–Trinajstić information content (AvgIpc) is 2.53. The van der Waals surface area contributed by atoms with E-state index in [1.165, 1.54) is 44.9 Å². The van der Waals surface area contributed by atoms with Crippen LogP contribution in [0.1, 0.15) is 78.1 Å². The lowest BCUT2D eigenvalue weighted by Crippen LogP contribution is -2.44. The quantitative estimate of drug-likeness (QED) is 0.448. The summed E-state index contributed by atoms with van der Waals surface area (Å²) in [4.78, 5) is 18.1. The van der Waals surface area contributed by atoms with Crippen LogP contribution in [0.2, 0.25) is 0 Å². The van der Waals surface area contributed by atoms with E-state index in [0.29, 0.717) is 19.1 Å². The molecule has 5 nitrogen and oxygen atoms in total. The first kappa shape index (κ1) is 20.2. The number of nitrogens with two attached hydrogens (primary N) is 1. The highest BCUT2D eigenvalue weighted by atomic mass is 16.7. The van der Waals surface area contributed by atoms with E-state index in [9.17, 15) is 4.79 Å². The maximum atomic E-state index is 12.3. The second-order valence-electron chi connectivity index (χ2n) is 7.06. The van der Waals surface area contributed by atoms with Gasteiger partial charge in [-0.3, -0.25) is 4.84 Å². The third kappa shape index (κ3) is 9.82. The molecular formula is C18H37N3O2. The Balaban J connectivity index is 2.30. The number of urea groups is 1. The summed E-state index contributed by atoms with van der Waals surface area (Å²) in [6, 6.07) is 0.0330. The number of unbranched alkanes of at least 4 members (excludes halogenated alkanes) is 4. The molecule has 1 aliphatic rings. The molecule has 0 spiro atoms. The summed E-state index contributed by atoms with van der Waals surface area (Å²) in [5, 5.41) is 4.49. The first-order valence-corrected chi connectivity index (χ1v) is 9.54. The van der Waals surface area contributed by atoms with Crippen molar-refractivity contribution in [1.29, 1.82) is 0 Å². The van der Waals surface area contributed by atoms with Crippen molar-refractivity contribution >= 4 is 6.03 Å². The molecule has 0 atom stereocenters. The fourth-order valence-corrected chi connectivity index (χ4v) is 3.02. The smallest absolute Gasteiger partial charge is 0.334 e. The largest absolute Gasteiger partial charge is 0.341 e. The van der Waals surface area contributed by atoms with E-state index in [2.05, 4.69) is 5.32 Å². The summed E-state index contributed by atoms with van der Waals surface area (Å²) >= 11 is 0. The Labute approximate surface area is 142 Å². The van der Waals surface area contributed by atoms with E-state index in [-0.39, 0.29) is 12.1 Å². The Bertz CT molecular complexity index is 305. The number of carbonyl (C=O) groups excluding carboxylic acids is 1. The van der Waals surface area contributed by atoms with Gasteiger partial charge in [-0.2, -0.15) is 0 Å². The summed E-state index contributed by atoms with van der Waals surface area (Å²) in [7, 11) is 0. The zero-order valence-corrected chi connectivity index (χ0v) is 15.2. The normalized spacial score (nSPS) is 15.8. The Hall–Kier alpha value is -0.810. The van der Waals surface area contributed by atoms with Crippen LogP contribution in [0.3, 0.4) is 0 Å². The Morgan fingerprint density at radius 2 is 1.78 bits per heavy atom. The highest BCUT2D eigenvalue weighted by Crippen LogP contribution is 2.24. The van der Waals surface area contributed by atoms with Gasteiger partial charge in [-0.1, -0.05) is 38.5 Å². The van der Waals surface area contributed by atoms with Gasteiger partial charge < -0.3 is 11.1 Å². The minimum absolute atomic E-state index is 0.0993. The number of nitrogens with zero attached hydrogens (tertiary/aromatic N) is 1. The standard InChI is InChI=1S/C18H37N3O2/c1-16(2)20-18(22)21(14-10-5-3-4-9-13-19)23-15-17-11-7-6-8-12-17/h16-17H,3-15,19H2,1-2H3,(H,20,22). The molecule has 0 unspecified atom stereocenters. The van der Waals surface area contributed by atoms with Crippen LogP contribution in [0.25, 0.3) is 0 Å². The van der Waals surface area contributed by atoms with Crippen LogP contribution in [0.4, 0.5) is 4.79 Å². The van der Waals surface area contributed by atoms with Gasteiger partial charge in [-0.25, -0.2) is 9.86 Å². The average molecular weight is 328 g/mol. The third-order valence-electron chi connectivity index (χ3n) is 4.39. The predicted octanol–water partition coefficient (Wildman–Crippen LogP) is 3.83. The van der Waals surface area contributed by atoms with Gasteiger partial charge in [0.15, 0.2) is 0 Å². The first-order chi connectivity index (χ1) is 11.1. The summed E-state index contributed by atoms with van der Waals surface area (Å²) in [6.07, 6.45) is 12.0. The Kier molecular flexibility index (Phi) is 11.1. The maximum Gasteiger partial charge on any atom is 0.341 e. The predicted molar refractivity (Wildman–Crippen MR) is 95.0 cm³/mol. The number of nitrogens with one attached hydrogen (secondary N) is 1. The van der Waals surface area contributed by atoms with E-state index < -0.39 is 0 Å². The molecule has 1 aliphatic carbocycles. The molecule has 0 aromatic heterocycles. The second-order valence-corrected chi connectivity index (χ2v) is 7.06. The van der Waals surface area contributed by atoms with Crippen molar-refractivity contribution in [3.63, 3.8) is 0 Å². The van der Waals surface area contributed by atoms with E-state index in [4.69, 9.17) is 10.6 Å². The van der Waals surface area contributed by atoms with Gasteiger partial charge in [0.2, 0.25) is 0 Å². The molecule has 0 aliphatic heterocycles. The topological polar surface area (TPSA) is 67.6 Å². The summed E-state index contributed by atoms with van der Waals surface area (Å²) in [5.41, 5.74) is 5.51. The molecule has 3 N–H and O–H groups in total. The molecule has 0 aromatic carbocycles. The van der Waals surface area contributed by atoms with E-state index >= 15 is 0 Å². The van der Waals surface area contributed by atoms with Crippen molar-refractivity contribution in [3.05, 3.63) is 0 Å². The molecule has 1 saturated carbocycles. The SMILES string of the molecule is CC(C)NC(=O)N(CCCCCCCN)OCC1CCCCC1. The van der Waals surface area contributed by atoms with Crippen molar-refractivity contribution in [3.8, 4) is 0 Å². The van der Waals surface area contributed by atoms with Gasteiger partial charge in [0, 0.05) is 6.04 Å². The lowest BCUT2D eigenvalue weighted by molar-refractivity contribution is -0.133. The van der Waals surface area contributed by atoms with Crippen molar-refractivity contribution in [2.75, 3.05) is 19.7 Å². The number of rotatable bonds is 11. The summed E-state index contributed by atoms with van der Waals surface area (Å²) in [6.45, 7) is 6.08. The second kappa shape index (κ2) is 12.6. The van der Waals surface area contributed by atoms with Crippen molar-refractivity contribution < 1.29 is 9.63 Å². The van der Waals surface area contributed by atoms with Gasteiger partial charge in [-0.15, -0.1) is 0 Å². The van der Waals surface area contributed by atoms with Crippen LogP contribution in [0, 0.1) is 5.92 Å². The van der Waals surface area contributed by atoms with Crippen LogP contribution in [-0.2, 0) is 4.84 Å². The lowest BCUT2D eigenvalue weighted by atomic mass is 9.90. The molecule has 5 heteroatoms. The summed E-state index contributed by atoms with van der Waals surface area (Å²) < 4.78 is 0. The molecule has 23 heavy (non-hydrogen) atoms. The number of hydroxylamine groups is 2. The third-order valence-corrected chi connectivity index (χ3v) is 4.39. The molecular weight excluding hydrogens is 290 g/mol.